The molecule has 1 aromatic rings. The topological polar surface area (TPSA) is 46.2 Å². The molecular formula is C8H10BrNO2S. The summed E-state index contributed by atoms with van der Waals surface area (Å²) in [4.78, 5) is 0. The van der Waals surface area contributed by atoms with Crippen LogP contribution in [-0.4, -0.2) is 14.7 Å². The summed E-state index contributed by atoms with van der Waals surface area (Å²) in [6, 6.07) is 5.44. The van der Waals surface area contributed by atoms with Gasteiger partial charge in [0.15, 0.2) is 0 Å². The van der Waals surface area contributed by atoms with E-state index in [2.05, 4.69) is 20.7 Å². The Bertz CT molecular complexity index is 414. The minimum Gasteiger partial charge on any atom is -0.283 e. The van der Waals surface area contributed by atoms with Gasteiger partial charge in [0.25, 0.3) is 0 Å². The number of sulfonamides is 1. The Labute approximate surface area is 86.3 Å². The van der Waals surface area contributed by atoms with E-state index in [0.29, 0.717) is 5.69 Å². The number of rotatable bonds is 2. The van der Waals surface area contributed by atoms with E-state index in [9.17, 15) is 8.42 Å². The Hall–Kier alpha value is -0.550. The monoisotopic (exact) mass is 263 g/mol. The lowest BCUT2D eigenvalue weighted by molar-refractivity contribution is 0.607. The first-order valence-electron chi connectivity index (χ1n) is 3.62. The van der Waals surface area contributed by atoms with Crippen molar-refractivity contribution < 1.29 is 8.42 Å². The van der Waals surface area contributed by atoms with E-state index in [4.69, 9.17) is 0 Å². The summed E-state index contributed by atoms with van der Waals surface area (Å²) in [5.41, 5.74) is 1.51. The van der Waals surface area contributed by atoms with Crippen LogP contribution < -0.4 is 4.72 Å². The predicted molar refractivity (Wildman–Crippen MR) is 57.3 cm³/mol. The summed E-state index contributed by atoms with van der Waals surface area (Å²) in [5, 5.41) is 0. The van der Waals surface area contributed by atoms with Gasteiger partial charge in [0.05, 0.1) is 11.9 Å². The van der Waals surface area contributed by atoms with Crippen LogP contribution in [0.15, 0.2) is 22.7 Å². The van der Waals surface area contributed by atoms with Gasteiger partial charge in [-0.15, -0.1) is 0 Å². The van der Waals surface area contributed by atoms with Crippen molar-refractivity contribution in [1.29, 1.82) is 0 Å². The van der Waals surface area contributed by atoms with Crippen LogP contribution in [0.4, 0.5) is 5.69 Å². The van der Waals surface area contributed by atoms with Gasteiger partial charge in [-0.1, -0.05) is 22.0 Å². The molecule has 0 spiro atoms. The first-order chi connectivity index (χ1) is 5.88. The summed E-state index contributed by atoms with van der Waals surface area (Å²) in [5.74, 6) is 0. The number of anilines is 1. The van der Waals surface area contributed by atoms with Crippen LogP contribution in [-0.2, 0) is 10.0 Å². The molecule has 0 radical (unpaired) electrons. The van der Waals surface area contributed by atoms with Crippen molar-refractivity contribution in [2.75, 3.05) is 11.0 Å². The lowest BCUT2D eigenvalue weighted by Gasteiger charge is -2.07. The van der Waals surface area contributed by atoms with Gasteiger partial charge in [0.2, 0.25) is 10.0 Å². The van der Waals surface area contributed by atoms with E-state index in [1.165, 1.54) is 0 Å². The van der Waals surface area contributed by atoms with Crippen LogP contribution in [0.1, 0.15) is 5.56 Å². The fourth-order valence-electron chi connectivity index (χ4n) is 0.904. The molecule has 0 bridgehead atoms. The van der Waals surface area contributed by atoms with E-state index in [0.717, 1.165) is 16.3 Å². The van der Waals surface area contributed by atoms with Gasteiger partial charge in [-0.2, -0.15) is 0 Å². The van der Waals surface area contributed by atoms with Crippen molar-refractivity contribution in [2.45, 2.75) is 6.92 Å². The van der Waals surface area contributed by atoms with Gasteiger partial charge < -0.3 is 0 Å². The second-order valence-corrected chi connectivity index (χ2v) is 5.50. The molecule has 0 aliphatic rings. The van der Waals surface area contributed by atoms with Gasteiger partial charge >= 0.3 is 0 Å². The minimum absolute atomic E-state index is 0.608. The van der Waals surface area contributed by atoms with Gasteiger partial charge in [0.1, 0.15) is 0 Å². The van der Waals surface area contributed by atoms with Crippen molar-refractivity contribution in [2.24, 2.45) is 0 Å². The second-order valence-electron chi connectivity index (χ2n) is 2.83. The lowest BCUT2D eigenvalue weighted by Crippen LogP contribution is -2.10. The van der Waals surface area contributed by atoms with Crippen molar-refractivity contribution in [3.63, 3.8) is 0 Å². The van der Waals surface area contributed by atoms with E-state index < -0.39 is 10.0 Å². The highest BCUT2D eigenvalue weighted by Gasteiger charge is 2.04. The number of aryl methyl sites for hydroxylation is 1. The normalized spacial score (nSPS) is 11.3. The van der Waals surface area contributed by atoms with Crippen molar-refractivity contribution in [3.8, 4) is 0 Å². The zero-order chi connectivity index (χ0) is 10.1. The number of halogens is 1. The molecule has 3 nitrogen and oxygen atoms in total. The molecule has 1 aromatic carbocycles. The highest BCUT2D eigenvalue weighted by atomic mass is 79.9. The highest BCUT2D eigenvalue weighted by molar-refractivity contribution is 9.10. The molecule has 0 heterocycles. The Morgan fingerprint density at radius 1 is 1.38 bits per heavy atom. The number of hydrogen-bond donors (Lipinski definition) is 1. The number of benzene rings is 1. The maximum absolute atomic E-state index is 10.9. The maximum atomic E-state index is 10.9. The van der Waals surface area contributed by atoms with E-state index in [1.807, 2.05) is 19.1 Å². The van der Waals surface area contributed by atoms with Gasteiger partial charge in [-0.3, -0.25) is 4.72 Å². The summed E-state index contributed by atoms with van der Waals surface area (Å²) in [6.07, 6.45) is 1.13. The van der Waals surface area contributed by atoms with Crippen LogP contribution >= 0.6 is 15.9 Å². The zero-order valence-electron chi connectivity index (χ0n) is 7.33. The van der Waals surface area contributed by atoms with E-state index in [1.54, 1.807) is 6.07 Å². The van der Waals surface area contributed by atoms with Crippen LogP contribution in [0, 0.1) is 6.92 Å². The first-order valence-corrected chi connectivity index (χ1v) is 6.31. The molecular weight excluding hydrogens is 254 g/mol. The smallest absolute Gasteiger partial charge is 0.229 e. The molecule has 13 heavy (non-hydrogen) atoms. The van der Waals surface area contributed by atoms with E-state index >= 15 is 0 Å². The lowest BCUT2D eigenvalue weighted by atomic mass is 10.2. The van der Waals surface area contributed by atoms with Gasteiger partial charge in [-0.25, -0.2) is 8.42 Å². The molecule has 0 aliphatic heterocycles. The Kier molecular flexibility index (Phi) is 2.98. The van der Waals surface area contributed by atoms with Crippen molar-refractivity contribution in [3.05, 3.63) is 28.2 Å². The fraction of sp³-hybridized carbons (Fsp3) is 0.250. The third-order valence-electron chi connectivity index (χ3n) is 1.49. The Morgan fingerprint density at radius 2 is 2.00 bits per heavy atom. The molecule has 0 aliphatic carbocycles. The highest BCUT2D eigenvalue weighted by Crippen LogP contribution is 2.21. The summed E-state index contributed by atoms with van der Waals surface area (Å²) in [7, 11) is -3.19. The molecule has 5 heteroatoms. The largest absolute Gasteiger partial charge is 0.283 e. The number of hydrogen-bond acceptors (Lipinski definition) is 2. The third kappa shape index (κ3) is 3.36. The molecule has 1 N–H and O–H groups in total. The molecule has 0 atom stereocenters. The minimum atomic E-state index is -3.19. The molecule has 1 rings (SSSR count). The van der Waals surface area contributed by atoms with Crippen molar-refractivity contribution in [1.82, 2.24) is 0 Å². The molecule has 0 fully saturated rings. The molecule has 0 saturated carbocycles. The van der Waals surface area contributed by atoms with E-state index in [-0.39, 0.29) is 0 Å². The van der Waals surface area contributed by atoms with Crippen LogP contribution in [0.2, 0.25) is 0 Å². The fourth-order valence-corrected chi connectivity index (χ4v) is 1.88. The summed E-state index contributed by atoms with van der Waals surface area (Å²) in [6.45, 7) is 1.85. The SMILES string of the molecule is Cc1ccc(Br)cc1NS(C)(=O)=O. The number of nitrogens with one attached hydrogen (secondary N) is 1. The molecule has 0 aromatic heterocycles. The van der Waals surface area contributed by atoms with Crippen LogP contribution in [0.3, 0.4) is 0 Å². The quantitative estimate of drug-likeness (QED) is 0.889. The van der Waals surface area contributed by atoms with Crippen molar-refractivity contribution >= 4 is 31.6 Å². The average Bonchev–Trinajstić information content (AvgIpc) is 1.94. The molecule has 0 saturated heterocycles. The molecule has 72 valence electrons. The van der Waals surface area contributed by atoms with Gasteiger partial charge in [0, 0.05) is 4.47 Å². The third-order valence-corrected chi connectivity index (χ3v) is 2.58. The summed E-state index contributed by atoms with van der Waals surface area (Å²) < 4.78 is 25.2. The standard InChI is InChI=1S/C8H10BrNO2S/c1-6-3-4-7(9)5-8(6)10-13(2,11)12/h3-5,10H,1-2H3. The molecule has 0 amide bonds. The van der Waals surface area contributed by atoms with Gasteiger partial charge in [-0.05, 0) is 24.6 Å². The average molecular weight is 264 g/mol. The first kappa shape index (κ1) is 10.5. The summed E-state index contributed by atoms with van der Waals surface area (Å²) >= 11 is 3.27. The zero-order valence-corrected chi connectivity index (χ0v) is 9.74. The Morgan fingerprint density at radius 3 is 2.54 bits per heavy atom. The Balaban J connectivity index is 3.08. The second kappa shape index (κ2) is 3.67. The van der Waals surface area contributed by atoms with Crippen LogP contribution in [0.5, 0.6) is 0 Å². The molecule has 0 unspecified atom stereocenters. The van der Waals surface area contributed by atoms with Crippen LogP contribution in [0.25, 0.3) is 0 Å². The maximum Gasteiger partial charge on any atom is 0.229 e. The predicted octanol–water partition coefficient (Wildman–Crippen LogP) is 2.13.